The molecule has 110 valence electrons. The second-order valence-electron chi connectivity index (χ2n) is 4.01. The van der Waals surface area contributed by atoms with E-state index in [9.17, 15) is 19.6 Å². The van der Waals surface area contributed by atoms with Crippen LogP contribution in [0.5, 0.6) is 5.75 Å². The molecule has 0 atom stereocenters. The van der Waals surface area contributed by atoms with Gasteiger partial charge in [-0.2, -0.15) is 5.26 Å². The first-order valence-corrected chi connectivity index (χ1v) is 5.89. The summed E-state index contributed by atoms with van der Waals surface area (Å²) in [4.78, 5) is 33.6. The third-order valence-corrected chi connectivity index (χ3v) is 2.22. The summed E-state index contributed by atoms with van der Waals surface area (Å²) in [6.07, 6.45) is 0. The molecule has 7 heteroatoms. The summed E-state index contributed by atoms with van der Waals surface area (Å²) in [5.74, 6) is -4.68. The lowest BCUT2D eigenvalue weighted by Gasteiger charge is -2.26. The molecule has 1 aromatic rings. The first-order valence-electron chi connectivity index (χ1n) is 5.89. The molecule has 0 unspecified atom stereocenters. The van der Waals surface area contributed by atoms with E-state index in [-0.39, 0.29) is 11.3 Å². The maximum atomic E-state index is 11.2. The summed E-state index contributed by atoms with van der Waals surface area (Å²) in [5.41, 5.74) is -0.0619. The van der Waals surface area contributed by atoms with E-state index in [1.165, 1.54) is 25.1 Å². The average Bonchev–Trinajstić information content (AvgIpc) is 2.36. The van der Waals surface area contributed by atoms with Crippen molar-refractivity contribution in [1.29, 1.82) is 5.26 Å². The zero-order valence-corrected chi connectivity index (χ0v) is 11.7. The number of esters is 3. The van der Waals surface area contributed by atoms with Gasteiger partial charge in [0.05, 0.1) is 5.56 Å². The quantitative estimate of drug-likeness (QED) is 0.469. The number of hydrogen-bond donors (Lipinski definition) is 0. The number of ether oxygens (including phenoxy) is 3. The minimum atomic E-state index is -2.32. The Morgan fingerprint density at radius 1 is 1.00 bits per heavy atom. The van der Waals surface area contributed by atoms with Gasteiger partial charge in [-0.25, -0.2) is 0 Å². The van der Waals surface area contributed by atoms with Crippen molar-refractivity contribution < 1.29 is 28.6 Å². The number of carbonyl (C=O) groups excluding carboxylic acids is 3. The van der Waals surface area contributed by atoms with E-state index in [1.54, 1.807) is 12.1 Å². The highest BCUT2D eigenvalue weighted by Gasteiger charge is 2.43. The zero-order valence-electron chi connectivity index (χ0n) is 11.7. The second kappa shape index (κ2) is 6.52. The fraction of sp³-hybridized carbons (Fsp3) is 0.286. The molecule has 0 amide bonds. The molecule has 1 rings (SSSR count). The maximum Gasteiger partial charge on any atom is 0.378 e. The number of benzene rings is 1. The molecule has 7 nitrogen and oxygen atoms in total. The fourth-order valence-corrected chi connectivity index (χ4v) is 1.62. The summed E-state index contributed by atoms with van der Waals surface area (Å²) < 4.78 is 14.7. The summed E-state index contributed by atoms with van der Waals surface area (Å²) in [7, 11) is 0. The van der Waals surface area contributed by atoms with Gasteiger partial charge in [0.15, 0.2) is 6.07 Å². The number of nitriles is 1. The minimum absolute atomic E-state index is 0.0472. The molecule has 0 heterocycles. The highest BCUT2D eigenvalue weighted by Crippen LogP contribution is 2.34. The Balaban J connectivity index is 3.44. The van der Waals surface area contributed by atoms with Crippen molar-refractivity contribution in [3.63, 3.8) is 0 Å². The van der Waals surface area contributed by atoms with E-state index in [0.29, 0.717) is 0 Å². The Hall–Kier alpha value is -2.88. The zero-order chi connectivity index (χ0) is 16.0. The molecule has 0 saturated carbocycles. The van der Waals surface area contributed by atoms with Crippen LogP contribution in [-0.4, -0.2) is 17.9 Å². The van der Waals surface area contributed by atoms with Crippen LogP contribution in [0.3, 0.4) is 0 Å². The van der Waals surface area contributed by atoms with Crippen LogP contribution in [0.25, 0.3) is 0 Å². The van der Waals surface area contributed by atoms with Crippen LogP contribution in [-0.2, 0) is 29.6 Å². The van der Waals surface area contributed by atoms with E-state index < -0.39 is 23.7 Å². The minimum Gasteiger partial charge on any atom is -0.426 e. The lowest BCUT2D eigenvalue weighted by atomic mass is 10.1. The van der Waals surface area contributed by atoms with Gasteiger partial charge in [0.25, 0.3) is 0 Å². The predicted molar refractivity (Wildman–Crippen MR) is 68.6 cm³/mol. The van der Waals surface area contributed by atoms with Crippen molar-refractivity contribution in [1.82, 2.24) is 0 Å². The highest BCUT2D eigenvalue weighted by atomic mass is 16.7. The summed E-state index contributed by atoms with van der Waals surface area (Å²) in [6, 6.07) is 7.43. The number of carbonyl (C=O) groups is 3. The van der Waals surface area contributed by atoms with Gasteiger partial charge in [0.2, 0.25) is 0 Å². The smallest absolute Gasteiger partial charge is 0.378 e. The van der Waals surface area contributed by atoms with Gasteiger partial charge in [0.1, 0.15) is 5.75 Å². The lowest BCUT2D eigenvalue weighted by Crippen LogP contribution is -2.35. The first kappa shape index (κ1) is 16.2. The van der Waals surface area contributed by atoms with Gasteiger partial charge in [-0.3, -0.25) is 14.4 Å². The highest BCUT2D eigenvalue weighted by molar-refractivity contribution is 5.72. The van der Waals surface area contributed by atoms with Crippen LogP contribution < -0.4 is 4.74 Å². The maximum absolute atomic E-state index is 11.2. The molecule has 0 radical (unpaired) electrons. The molecule has 0 aliphatic carbocycles. The molecule has 0 spiro atoms. The van der Waals surface area contributed by atoms with E-state index in [4.69, 9.17) is 14.2 Å². The Labute approximate surface area is 121 Å². The molecule has 1 aromatic carbocycles. The monoisotopic (exact) mass is 291 g/mol. The Bertz CT molecular complexity index is 600. The number of para-hydroxylation sites is 1. The van der Waals surface area contributed by atoms with Crippen LogP contribution in [0.15, 0.2) is 24.3 Å². The van der Waals surface area contributed by atoms with Crippen LogP contribution >= 0.6 is 0 Å². The second-order valence-corrected chi connectivity index (χ2v) is 4.01. The van der Waals surface area contributed by atoms with Gasteiger partial charge in [-0.1, -0.05) is 12.1 Å². The van der Waals surface area contributed by atoms with Crippen molar-refractivity contribution in [3.05, 3.63) is 29.8 Å². The molecular formula is C14H13NO6. The lowest BCUT2D eigenvalue weighted by molar-refractivity contribution is -0.210. The van der Waals surface area contributed by atoms with E-state index >= 15 is 0 Å². The topological polar surface area (TPSA) is 103 Å². The number of rotatable bonds is 4. The summed E-state index contributed by atoms with van der Waals surface area (Å²) >= 11 is 0. The van der Waals surface area contributed by atoms with Crippen molar-refractivity contribution in [3.8, 4) is 11.8 Å². The third-order valence-electron chi connectivity index (χ3n) is 2.22. The predicted octanol–water partition coefficient (Wildman–Crippen LogP) is 1.41. The normalized spacial score (nSPS) is 10.2. The first-order chi connectivity index (χ1) is 9.80. The van der Waals surface area contributed by atoms with Crippen LogP contribution in [0.4, 0.5) is 0 Å². The standard InChI is InChI=1S/C14H13NO6/c1-9(16)19-13-7-5-4-6-12(13)14(8-15,20-10(2)17)21-11(3)18/h4-7H,1-3H3. The molecule has 0 aliphatic heterocycles. The van der Waals surface area contributed by atoms with Crippen molar-refractivity contribution >= 4 is 17.9 Å². The molecule has 21 heavy (non-hydrogen) atoms. The molecule has 0 bridgehead atoms. The largest absolute Gasteiger partial charge is 0.426 e. The van der Waals surface area contributed by atoms with Gasteiger partial charge in [-0.15, -0.1) is 0 Å². The fourth-order valence-electron chi connectivity index (χ4n) is 1.62. The molecule has 0 fully saturated rings. The van der Waals surface area contributed by atoms with Crippen molar-refractivity contribution in [2.45, 2.75) is 26.6 Å². The van der Waals surface area contributed by atoms with Crippen molar-refractivity contribution in [2.24, 2.45) is 0 Å². The number of nitrogens with zero attached hydrogens (tertiary/aromatic N) is 1. The summed E-state index contributed by atoms with van der Waals surface area (Å²) in [6.45, 7) is 3.29. The van der Waals surface area contributed by atoms with Gasteiger partial charge in [0, 0.05) is 20.8 Å². The molecule has 0 saturated heterocycles. The number of hydrogen-bond acceptors (Lipinski definition) is 7. The van der Waals surface area contributed by atoms with Crippen LogP contribution in [0.1, 0.15) is 26.3 Å². The summed E-state index contributed by atoms with van der Waals surface area (Å²) in [5, 5.41) is 9.34. The average molecular weight is 291 g/mol. The van der Waals surface area contributed by atoms with E-state index in [0.717, 1.165) is 13.8 Å². The Morgan fingerprint density at radius 3 is 1.95 bits per heavy atom. The van der Waals surface area contributed by atoms with Crippen molar-refractivity contribution in [2.75, 3.05) is 0 Å². The molecular weight excluding hydrogens is 278 g/mol. The SMILES string of the molecule is CC(=O)Oc1ccccc1C(C#N)(OC(C)=O)OC(C)=O. The molecule has 0 N–H and O–H groups in total. The third kappa shape index (κ3) is 4.04. The van der Waals surface area contributed by atoms with E-state index in [1.807, 2.05) is 0 Å². The molecule has 0 aliphatic rings. The van der Waals surface area contributed by atoms with Gasteiger partial charge < -0.3 is 14.2 Å². The van der Waals surface area contributed by atoms with Crippen LogP contribution in [0, 0.1) is 11.3 Å². The Morgan fingerprint density at radius 2 is 1.52 bits per heavy atom. The van der Waals surface area contributed by atoms with Gasteiger partial charge >= 0.3 is 23.7 Å². The van der Waals surface area contributed by atoms with E-state index in [2.05, 4.69) is 0 Å². The van der Waals surface area contributed by atoms with Gasteiger partial charge in [-0.05, 0) is 12.1 Å². The molecule has 0 aromatic heterocycles. The van der Waals surface area contributed by atoms with Crippen LogP contribution in [0.2, 0.25) is 0 Å². The Kier molecular flexibility index (Phi) is 5.02.